The second-order valence-electron chi connectivity index (χ2n) is 4.99. The lowest BCUT2D eigenvalue weighted by Crippen LogP contribution is -2.26. The fourth-order valence-corrected chi connectivity index (χ4v) is 2.98. The molecule has 0 aliphatic heterocycles. The second-order valence-corrected chi connectivity index (χ2v) is 6.72. The molecule has 0 bridgehead atoms. The zero-order valence-electron chi connectivity index (χ0n) is 12.0. The van der Waals surface area contributed by atoms with Crippen LogP contribution in [-0.4, -0.2) is 33.3 Å². The lowest BCUT2D eigenvalue weighted by atomic mass is 10.2. The van der Waals surface area contributed by atoms with Crippen LogP contribution in [0.3, 0.4) is 0 Å². The van der Waals surface area contributed by atoms with Gasteiger partial charge in [0, 0.05) is 19.8 Å². The third-order valence-electron chi connectivity index (χ3n) is 2.64. The lowest BCUT2D eigenvalue weighted by Gasteiger charge is -2.10. The maximum Gasteiger partial charge on any atom is 0.240 e. The minimum absolute atomic E-state index is 0.130. The number of hydrogen-bond acceptors (Lipinski definition) is 4. The number of hydrogen-bond donors (Lipinski definition) is 2. The summed E-state index contributed by atoms with van der Waals surface area (Å²) in [6.45, 7) is 5.36. The van der Waals surface area contributed by atoms with Crippen molar-refractivity contribution >= 4 is 10.0 Å². The highest BCUT2D eigenvalue weighted by molar-refractivity contribution is 7.89. The van der Waals surface area contributed by atoms with Gasteiger partial charge in [-0.3, -0.25) is 0 Å². The molecule has 0 saturated carbocycles. The Labute approximate surface area is 121 Å². The molecule has 0 radical (unpaired) electrons. The molecule has 5 nitrogen and oxygen atoms in total. The van der Waals surface area contributed by atoms with E-state index in [2.05, 4.69) is 18.6 Å². The monoisotopic (exact) mass is 301 g/mol. The minimum Gasteiger partial charge on any atom is -0.392 e. The van der Waals surface area contributed by atoms with Crippen LogP contribution in [0.1, 0.15) is 25.8 Å². The Morgan fingerprint density at radius 2 is 2.00 bits per heavy atom. The van der Waals surface area contributed by atoms with E-state index < -0.39 is 10.0 Å². The van der Waals surface area contributed by atoms with Crippen LogP contribution in [0.2, 0.25) is 0 Å². The first-order chi connectivity index (χ1) is 9.47. The lowest BCUT2D eigenvalue weighted by molar-refractivity contribution is 0.108. The molecule has 0 saturated heterocycles. The van der Waals surface area contributed by atoms with E-state index in [0.717, 1.165) is 0 Å². The SMILES string of the molecule is CC(C)COCCCNS(=O)(=O)c1ccccc1CO. The van der Waals surface area contributed by atoms with Crippen LogP contribution in [0, 0.1) is 5.92 Å². The van der Waals surface area contributed by atoms with Crippen LogP contribution in [0.5, 0.6) is 0 Å². The third kappa shape index (κ3) is 5.58. The summed E-state index contributed by atoms with van der Waals surface area (Å²) in [4.78, 5) is 0.130. The molecule has 0 aliphatic rings. The summed E-state index contributed by atoms with van der Waals surface area (Å²) in [6.07, 6.45) is 0.618. The third-order valence-corrected chi connectivity index (χ3v) is 4.20. The average Bonchev–Trinajstić information content (AvgIpc) is 2.42. The summed E-state index contributed by atoms with van der Waals surface area (Å²) in [7, 11) is -3.57. The Hall–Kier alpha value is -0.950. The quantitative estimate of drug-likeness (QED) is 0.678. The summed E-state index contributed by atoms with van der Waals surface area (Å²) >= 11 is 0. The van der Waals surface area contributed by atoms with Gasteiger partial charge in [0.1, 0.15) is 0 Å². The predicted octanol–water partition coefficient (Wildman–Crippen LogP) is 1.52. The van der Waals surface area contributed by atoms with Crippen LogP contribution in [0.4, 0.5) is 0 Å². The molecule has 0 amide bonds. The molecular weight excluding hydrogens is 278 g/mol. The Balaban J connectivity index is 2.46. The first-order valence-corrected chi connectivity index (χ1v) is 8.22. The maximum atomic E-state index is 12.1. The van der Waals surface area contributed by atoms with Gasteiger partial charge in [-0.15, -0.1) is 0 Å². The number of ether oxygens (including phenoxy) is 1. The molecule has 0 aromatic heterocycles. The summed E-state index contributed by atoms with van der Waals surface area (Å²) in [5, 5.41) is 9.16. The number of aliphatic hydroxyl groups excluding tert-OH is 1. The molecule has 0 heterocycles. The van der Waals surface area contributed by atoms with Crippen molar-refractivity contribution in [2.24, 2.45) is 5.92 Å². The standard InChI is InChI=1S/C14H23NO4S/c1-12(2)11-19-9-5-8-15-20(17,18)14-7-4-3-6-13(14)10-16/h3-4,6-7,12,15-16H,5,8-11H2,1-2H3. The van der Waals surface area contributed by atoms with Gasteiger partial charge in [-0.1, -0.05) is 32.0 Å². The van der Waals surface area contributed by atoms with Gasteiger partial charge < -0.3 is 9.84 Å². The van der Waals surface area contributed by atoms with E-state index in [1.54, 1.807) is 18.2 Å². The van der Waals surface area contributed by atoms with E-state index in [4.69, 9.17) is 9.84 Å². The van der Waals surface area contributed by atoms with E-state index in [0.29, 0.717) is 37.7 Å². The van der Waals surface area contributed by atoms with Crippen LogP contribution in [0.25, 0.3) is 0 Å². The van der Waals surface area contributed by atoms with Crippen molar-refractivity contribution in [1.29, 1.82) is 0 Å². The highest BCUT2D eigenvalue weighted by Gasteiger charge is 2.16. The molecule has 0 unspecified atom stereocenters. The second kappa shape index (κ2) is 8.36. The van der Waals surface area contributed by atoms with Crippen LogP contribution >= 0.6 is 0 Å². The van der Waals surface area contributed by atoms with Gasteiger partial charge in [0.2, 0.25) is 10.0 Å². The number of rotatable bonds is 9. The largest absolute Gasteiger partial charge is 0.392 e. The predicted molar refractivity (Wildman–Crippen MR) is 77.8 cm³/mol. The smallest absolute Gasteiger partial charge is 0.240 e. The van der Waals surface area contributed by atoms with Gasteiger partial charge >= 0.3 is 0 Å². The zero-order chi connectivity index (χ0) is 15.0. The molecule has 0 fully saturated rings. The van der Waals surface area contributed by atoms with E-state index >= 15 is 0 Å². The molecule has 0 aliphatic carbocycles. The summed E-state index contributed by atoms with van der Waals surface area (Å²) in [5.74, 6) is 0.475. The van der Waals surface area contributed by atoms with Crippen molar-refractivity contribution in [3.8, 4) is 0 Å². The molecule has 6 heteroatoms. The van der Waals surface area contributed by atoms with E-state index in [1.807, 2.05) is 0 Å². The van der Waals surface area contributed by atoms with Gasteiger partial charge in [-0.05, 0) is 24.0 Å². The average molecular weight is 301 g/mol. The van der Waals surface area contributed by atoms with Gasteiger partial charge in [0.25, 0.3) is 0 Å². The van der Waals surface area contributed by atoms with Crippen molar-refractivity contribution in [3.05, 3.63) is 29.8 Å². The molecule has 0 atom stereocenters. The highest BCUT2D eigenvalue weighted by Crippen LogP contribution is 2.14. The van der Waals surface area contributed by atoms with Crippen molar-refractivity contribution in [3.63, 3.8) is 0 Å². The fraction of sp³-hybridized carbons (Fsp3) is 0.571. The van der Waals surface area contributed by atoms with Crippen molar-refractivity contribution in [2.75, 3.05) is 19.8 Å². The first kappa shape index (κ1) is 17.1. The number of sulfonamides is 1. The molecule has 2 N–H and O–H groups in total. The van der Waals surface area contributed by atoms with Crippen LogP contribution in [0.15, 0.2) is 29.2 Å². The number of benzene rings is 1. The van der Waals surface area contributed by atoms with Gasteiger partial charge in [-0.25, -0.2) is 13.1 Å². The highest BCUT2D eigenvalue weighted by atomic mass is 32.2. The van der Waals surface area contributed by atoms with Crippen molar-refractivity contribution in [2.45, 2.75) is 31.8 Å². The Kier molecular flexibility index (Phi) is 7.15. The van der Waals surface area contributed by atoms with Crippen molar-refractivity contribution < 1.29 is 18.3 Å². The van der Waals surface area contributed by atoms with Crippen LogP contribution in [-0.2, 0) is 21.4 Å². The molecule has 1 aromatic carbocycles. The Morgan fingerprint density at radius 3 is 2.65 bits per heavy atom. The van der Waals surface area contributed by atoms with Crippen molar-refractivity contribution in [1.82, 2.24) is 4.72 Å². The van der Waals surface area contributed by atoms with Gasteiger partial charge in [0.05, 0.1) is 11.5 Å². The summed E-state index contributed by atoms with van der Waals surface area (Å²) < 4.78 is 32.1. The zero-order valence-corrected chi connectivity index (χ0v) is 12.8. The number of aliphatic hydroxyl groups is 1. The fourth-order valence-electron chi connectivity index (χ4n) is 1.67. The molecule has 1 aromatic rings. The first-order valence-electron chi connectivity index (χ1n) is 6.73. The molecular formula is C14H23NO4S. The molecule has 114 valence electrons. The Morgan fingerprint density at radius 1 is 1.30 bits per heavy atom. The van der Waals surface area contributed by atoms with E-state index in [9.17, 15) is 8.42 Å². The molecule has 0 spiro atoms. The Bertz CT molecular complexity index is 500. The van der Waals surface area contributed by atoms with Gasteiger partial charge in [-0.2, -0.15) is 0 Å². The maximum absolute atomic E-state index is 12.1. The topological polar surface area (TPSA) is 75.6 Å². The molecule has 1 rings (SSSR count). The summed E-state index contributed by atoms with van der Waals surface area (Å²) in [6, 6.07) is 6.42. The van der Waals surface area contributed by atoms with E-state index in [-0.39, 0.29) is 11.5 Å². The normalized spacial score (nSPS) is 12.0. The van der Waals surface area contributed by atoms with E-state index in [1.165, 1.54) is 6.07 Å². The summed E-state index contributed by atoms with van der Waals surface area (Å²) in [5.41, 5.74) is 0.399. The van der Waals surface area contributed by atoms with Crippen LogP contribution < -0.4 is 4.72 Å². The number of nitrogens with one attached hydrogen (secondary N) is 1. The van der Waals surface area contributed by atoms with Gasteiger partial charge in [0.15, 0.2) is 0 Å². The molecule has 20 heavy (non-hydrogen) atoms. The minimum atomic E-state index is -3.57.